The molecule has 0 aromatic heterocycles. The first kappa shape index (κ1) is 29.6. The monoisotopic (exact) mass is 620 g/mol. The number of benzene rings is 3. The lowest BCUT2D eigenvalue weighted by Gasteiger charge is -2.34. The third-order valence-electron chi connectivity index (χ3n) is 5.51. The predicted octanol–water partition coefficient (Wildman–Crippen LogP) is 7.54. The zero-order valence-corrected chi connectivity index (χ0v) is 25.1. The van der Waals surface area contributed by atoms with Crippen molar-refractivity contribution in [3.05, 3.63) is 104 Å². The number of thioether (sulfide) groups is 1. The molecule has 2 amide bonds. The van der Waals surface area contributed by atoms with Gasteiger partial charge >= 0.3 is 0 Å². The number of rotatable bonds is 10. The molecule has 196 valence electrons. The van der Waals surface area contributed by atoms with Gasteiger partial charge in [-0.1, -0.05) is 87.7 Å². The molecule has 37 heavy (non-hydrogen) atoms. The summed E-state index contributed by atoms with van der Waals surface area (Å²) in [6.45, 7) is 6.16. The Kier molecular flexibility index (Phi) is 10.9. The lowest BCUT2D eigenvalue weighted by atomic mass is 10.0. The van der Waals surface area contributed by atoms with E-state index in [0.29, 0.717) is 28.8 Å². The molecule has 1 N–H and O–H groups in total. The number of carbonyl (C=O) groups excluding carboxylic acids is 2. The van der Waals surface area contributed by atoms with Crippen molar-refractivity contribution in [2.24, 2.45) is 0 Å². The summed E-state index contributed by atoms with van der Waals surface area (Å²) in [6, 6.07) is 22.4. The summed E-state index contributed by atoms with van der Waals surface area (Å²) >= 11 is 17.1. The van der Waals surface area contributed by atoms with Gasteiger partial charge in [-0.15, -0.1) is 11.8 Å². The average molecular weight is 622 g/mol. The van der Waals surface area contributed by atoms with E-state index in [4.69, 9.17) is 23.2 Å². The summed E-state index contributed by atoms with van der Waals surface area (Å²) in [5.74, 6) is 0.561. The van der Waals surface area contributed by atoms with Crippen molar-refractivity contribution >= 4 is 62.7 Å². The molecule has 0 fully saturated rings. The quantitative estimate of drug-likeness (QED) is 0.254. The molecule has 3 aromatic carbocycles. The van der Waals surface area contributed by atoms with E-state index in [-0.39, 0.29) is 17.6 Å². The van der Waals surface area contributed by atoms with Crippen molar-refractivity contribution in [2.75, 3.05) is 5.75 Å². The summed E-state index contributed by atoms with van der Waals surface area (Å²) in [7, 11) is 0. The molecule has 0 spiro atoms. The molecule has 0 saturated heterocycles. The van der Waals surface area contributed by atoms with E-state index in [2.05, 4.69) is 21.2 Å². The number of hydrogen-bond donors (Lipinski definition) is 1. The maximum absolute atomic E-state index is 13.7. The highest BCUT2D eigenvalue weighted by Crippen LogP contribution is 2.25. The fourth-order valence-corrected chi connectivity index (χ4v) is 5.20. The van der Waals surface area contributed by atoms with Crippen LogP contribution in [0.3, 0.4) is 0 Å². The fourth-order valence-electron chi connectivity index (χ4n) is 3.76. The molecule has 4 nitrogen and oxygen atoms in total. The Morgan fingerprint density at radius 3 is 2.19 bits per heavy atom. The maximum Gasteiger partial charge on any atom is 0.243 e. The molecule has 3 aromatic rings. The Labute approximate surface area is 242 Å². The molecule has 0 saturated carbocycles. The lowest BCUT2D eigenvalue weighted by molar-refractivity contribution is -0.140. The molecule has 0 radical (unpaired) electrons. The maximum atomic E-state index is 13.7. The first-order valence-electron chi connectivity index (χ1n) is 11.9. The highest BCUT2D eigenvalue weighted by molar-refractivity contribution is 9.10. The molecule has 0 bridgehead atoms. The van der Waals surface area contributed by atoms with Gasteiger partial charge in [-0.25, -0.2) is 0 Å². The molecule has 1 atom stereocenters. The number of hydrogen-bond acceptors (Lipinski definition) is 3. The Morgan fingerprint density at radius 2 is 1.57 bits per heavy atom. The van der Waals surface area contributed by atoms with Crippen molar-refractivity contribution < 1.29 is 9.59 Å². The summed E-state index contributed by atoms with van der Waals surface area (Å²) in [5.41, 5.74) is 2.50. The second-order valence-corrected chi connectivity index (χ2v) is 12.5. The lowest BCUT2D eigenvalue weighted by Crippen LogP contribution is -2.54. The largest absolute Gasteiger partial charge is 0.350 e. The van der Waals surface area contributed by atoms with Gasteiger partial charge in [0.2, 0.25) is 11.8 Å². The average Bonchev–Trinajstić information content (AvgIpc) is 2.84. The molecular weight excluding hydrogens is 591 g/mol. The van der Waals surface area contributed by atoms with Gasteiger partial charge in [0.1, 0.15) is 6.04 Å². The van der Waals surface area contributed by atoms with Gasteiger partial charge in [-0.2, -0.15) is 0 Å². The summed E-state index contributed by atoms with van der Waals surface area (Å²) < 4.78 is 0.956. The Balaban J connectivity index is 1.86. The molecule has 0 aliphatic rings. The predicted molar refractivity (Wildman–Crippen MR) is 159 cm³/mol. The fraction of sp³-hybridized carbons (Fsp3) is 0.310. The van der Waals surface area contributed by atoms with Crippen molar-refractivity contribution in [2.45, 2.75) is 51.1 Å². The number of nitrogens with one attached hydrogen (secondary N) is 1. The van der Waals surface area contributed by atoms with E-state index in [9.17, 15) is 9.59 Å². The standard InChI is InChI=1S/C29H31BrCl2N2O2S/c1-29(2,3)33-28(36)26(16-20-7-5-4-6-8-20)34(17-21-9-12-23(30)13-10-21)27(35)19-37-18-22-11-14-24(31)25(32)15-22/h4-15,26H,16-19H2,1-3H3,(H,33,36)/t26-/m0/s1. The molecular formula is C29H31BrCl2N2O2S. The molecule has 0 aliphatic carbocycles. The van der Waals surface area contributed by atoms with Crippen LogP contribution < -0.4 is 5.32 Å². The van der Waals surface area contributed by atoms with Crippen LogP contribution >= 0.6 is 50.9 Å². The second-order valence-electron chi connectivity index (χ2n) is 9.83. The second kappa shape index (κ2) is 13.7. The van der Waals surface area contributed by atoms with Crippen molar-refractivity contribution in [1.29, 1.82) is 0 Å². The van der Waals surface area contributed by atoms with Gasteiger partial charge in [-0.3, -0.25) is 9.59 Å². The van der Waals surface area contributed by atoms with Crippen LogP contribution in [0, 0.1) is 0 Å². The highest BCUT2D eigenvalue weighted by atomic mass is 79.9. The number of halogens is 3. The van der Waals surface area contributed by atoms with Crippen LogP contribution in [-0.4, -0.2) is 34.0 Å². The van der Waals surface area contributed by atoms with Crippen LogP contribution in [0.4, 0.5) is 0 Å². The van der Waals surface area contributed by atoms with Gasteiger partial charge in [0, 0.05) is 28.7 Å². The molecule has 8 heteroatoms. The minimum absolute atomic E-state index is 0.0991. The van der Waals surface area contributed by atoms with Crippen LogP contribution in [0.1, 0.15) is 37.5 Å². The van der Waals surface area contributed by atoms with Gasteiger partial charge < -0.3 is 10.2 Å². The minimum atomic E-state index is -0.664. The molecule has 0 unspecified atom stereocenters. The Morgan fingerprint density at radius 1 is 0.919 bits per heavy atom. The summed E-state index contributed by atoms with van der Waals surface area (Å²) in [4.78, 5) is 29.0. The topological polar surface area (TPSA) is 49.4 Å². The van der Waals surface area contributed by atoms with Gasteiger partial charge in [0.25, 0.3) is 0 Å². The minimum Gasteiger partial charge on any atom is -0.350 e. The molecule has 0 aliphatic heterocycles. The molecule has 3 rings (SSSR count). The van der Waals surface area contributed by atoms with Crippen LogP contribution in [0.5, 0.6) is 0 Å². The van der Waals surface area contributed by atoms with Crippen molar-refractivity contribution in [3.63, 3.8) is 0 Å². The SMILES string of the molecule is CC(C)(C)NC(=O)[C@H](Cc1ccccc1)N(Cc1ccc(Br)cc1)C(=O)CSCc1ccc(Cl)c(Cl)c1. The van der Waals surface area contributed by atoms with E-state index < -0.39 is 11.6 Å². The zero-order valence-electron chi connectivity index (χ0n) is 21.1. The smallest absolute Gasteiger partial charge is 0.243 e. The summed E-state index contributed by atoms with van der Waals surface area (Å²) in [5, 5.41) is 4.08. The van der Waals surface area contributed by atoms with E-state index in [1.54, 1.807) is 11.0 Å². The number of amides is 2. The zero-order chi connectivity index (χ0) is 27.0. The first-order chi connectivity index (χ1) is 17.5. The third kappa shape index (κ3) is 9.68. The van der Waals surface area contributed by atoms with Gasteiger partial charge in [0.05, 0.1) is 15.8 Å². The van der Waals surface area contributed by atoms with E-state index >= 15 is 0 Å². The normalized spacial score (nSPS) is 12.2. The highest BCUT2D eigenvalue weighted by Gasteiger charge is 2.32. The van der Waals surface area contributed by atoms with Crippen LogP contribution in [-0.2, 0) is 28.3 Å². The Hall–Kier alpha value is -1.99. The van der Waals surface area contributed by atoms with Crippen LogP contribution in [0.15, 0.2) is 77.3 Å². The van der Waals surface area contributed by atoms with E-state index in [0.717, 1.165) is 21.2 Å². The van der Waals surface area contributed by atoms with E-state index in [1.807, 2.05) is 87.5 Å². The van der Waals surface area contributed by atoms with Gasteiger partial charge in [0.15, 0.2) is 0 Å². The Bertz CT molecular complexity index is 1200. The van der Waals surface area contributed by atoms with Gasteiger partial charge in [-0.05, 0) is 61.7 Å². The van der Waals surface area contributed by atoms with Crippen molar-refractivity contribution in [1.82, 2.24) is 10.2 Å². The third-order valence-corrected chi connectivity index (χ3v) is 7.77. The molecule has 0 heterocycles. The van der Waals surface area contributed by atoms with E-state index in [1.165, 1.54) is 11.8 Å². The van der Waals surface area contributed by atoms with Crippen LogP contribution in [0.25, 0.3) is 0 Å². The number of carbonyl (C=O) groups is 2. The first-order valence-corrected chi connectivity index (χ1v) is 14.6. The van der Waals surface area contributed by atoms with Crippen LogP contribution in [0.2, 0.25) is 10.0 Å². The summed E-state index contributed by atoms with van der Waals surface area (Å²) in [6.07, 6.45) is 0.419. The number of nitrogens with zero attached hydrogens (tertiary/aromatic N) is 1. The van der Waals surface area contributed by atoms with Crippen molar-refractivity contribution in [3.8, 4) is 0 Å².